The van der Waals surface area contributed by atoms with E-state index in [1.54, 1.807) is 0 Å². The topological polar surface area (TPSA) is 35.6 Å². The Labute approximate surface area is 198 Å². The number of para-hydroxylation sites is 1. The van der Waals surface area contributed by atoms with Crippen molar-refractivity contribution in [2.75, 3.05) is 31.1 Å². The molecule has 178 valence electrons. The third kappa shape index (κ3) is 6.38. The number of hydrogen-bond acceptors (Lipinski definition) is 3. The van der Waals surface area contributed by atoms with Crippen LogP contribution in [0, 0.1) is 0 Å². The molecule has 1 amide bonds. The first-order valence-corrected chi connectivity index (χ1v) is 11.4. The number of benzene rings is 3. The van der Waals surface area contributed by atoms with Crippen molar-refractivity contribution in [2.24, 2.45) is 0 Å². The Bertz CT molecular complexity index is 1080. The van der Waals surface area contributed by atoms with Crippen LogP contribution < -0.4 is 10.2 Å². The van der Waals surface area contributed by atoms with Crippen LogP contribution in [-0.2, 0) is 30.5 Å². The van der Waals surface area contributed by atoms with E-state index in [-0.39, 0.29) is 12.3 Å². The minimum atomic E-state index is -4.38. The molecule has 0 atom stereocenters. The summed E-state index contributed by atoms with van der Waals surface area (Å²) in [7, 11) is 0. The van der Waals surface area contributed by atoms with E-state index in [9.17, 15) is 18.0 Å². The normalized spacial score (nSPS) is 14.7. The van der Waals surface area contributed by atoms with Gasteiger partial charge in [-0.15, -0.1) is 0 Å². The number of carbonyl (C=O) groups excluding carboxylic acids is 1. The van der Waals surface area contributed by atoms with Gasteiger partial charge in [0.15, 0.2) is 0 Å². The number of alkyl halides is 3. The summed E-state index contributed by atoms with van der Waals surface area (Å²) in [5.74, 6) is -0.217. The predicted octanol–water partition coefficient (Wildman–Crippen LogP) is 4.89. The molecule has 3 aromatic carbocycles. The Morgan fingerprint density at radius 2 is 1.41 bits per heavy atom. The number of hydrogen-bond donors (Lipinski definition) is 1. The average Bonchev–Trinajstić information content (AvgIpc) is 2.84. The van der Waals surface area contributed by atoms with Crippen LogP contribution in [0.4, 0.5) is 18.9 Å². The molecule has 1 aliphatic heterocycles. The first kappa shape index (κ1) is 23.8. The van der Waals surface area contributed by atoms with E-state index < -0.39 is 11.7 Å². The van der Waals surface area contributed by atoms with Gasteiger partial charge < -0.3 is 10.2 Å². The summed E-state index contributed by atoms with van der Waals surface area (Å²) in [5, 5.41) is 2.91. The lowest BCUT2D eigenvalue weighted by molar-refractivity contribution is -0.137. The average molecular weight is 468 g/mol. The van der Waals surface area contributed by atoms with Gasteiger partial charge in [-0.2, -0.15) is 13.2 Å². The molecule has 3 aromatic rings. The summed E-state index contributed by atoms with van der Waals surface area (Å²) < 4.78 is 38.1. The quantitative estimate of drug-likeness (QED) is 0.538. The zero-order chi connectivity index (χ0) is 24.0. The summed E-state index contributed by atoms with van der Waals surface area (Å²) in [6, 6.07) is 23.2. The number of carbonyl (C=O) groups is 1. The maximum atomic E-state index is 12.7. The van der Waals surface area contributed by atoms with Gasteiger partial charge in [0.05, 0.1) is 12.0 Å². The molecular formula is C27H28F3N3O. The van der Waals surface area contributed by atoms with Crippen molar-refractivity contribution in [3.8, 4) is 0 Å². The summed E-state index contributed by atoms with van der Waals surface area (Å²) >= 11 is 0. The lowest BCUT2D eigenvalue weighted by Crippen LogP contribution is -2.46. The van der Waals surface area contributed by atoms with Gasteiger partial charge in [-0.3, -0.25) is 9.69 Å². The third-order valence-corrected chi connectivity index (χ3v) is 6.13. The molecular weight excluding hydrogens is 439 g/mol. The van der Waals surface area contributed by atoms with Gasteiger partial charge in [0.2, 0.25) is 5.91 Å². The highest BCUT2D eigenvalue weighted by Crippen LogP contribution is 2.29. The fourth-order valence-electron chi connectivity index (χ4n) is 4.18. The highest BCUT2D eigenvalue weighted by atomic mass is 19.4. The molecule has 0 aliphatic carbocycles. The number of rotatable bonds is 7. The van der Waals surface area contributed by atoms with Crippen molar-refractivity contribution < 1.29 is 18.0 Å². The Morgan fingerprint density at radius 1 is 0.794 bits per heavy atom. The summed E-state index contributed by atoms with van der Waals surface area (Å²) in [4.78, 5) is 17.2. The smallest absolute Gasteiger partial charge is 0.369 e. The van der Waals surface area contributed by atoms with E-state index in [2.05, 4.69) is 45.4 Å². The monoisotopic (exact) mass is 467 g/mol. The summed E-state index contributed by atoms with van der Waals surface area (Å²) in [5.41, 5.74) is 3.31. The van der Waals surface area contributed by atoms with Crippen molar-refractivity contribution in [1.82, 2.24) is 10.2 Å². The molecule has 0 spiro atoms. The number of halogens is 3. The van der Waals surface area contributed by atoms with Crippen LogP contribution in [0.15, 0.2) is 78.9 Å². The van der Waals surface area contributed by atoms with E-state index in [0.29, 0.717) is 12.1 Å². The van der Waals surface area contributed by atoms with E-state index in [1.165, 1.54) is 23.4 Å². The van der Waals surface area contributed by atoms with Gasteiger partial charge in [-0.1, -0.05) is 54.6 Å². The standard InChI is InChI=1S/C27H28F3N3O/c28-27(29,30)24-12-10-21(11-13-24)18-26(34)31-19-22-6-4-5-7-23(22)20-32-14-16-33(17-15-32)25-8-2-1-3-9-25/h1-13H,14-20H2,(H,31,34). The van der Waals surface area contributed by atoms with Gasteiger partial charge in [-0.25, -0.2) is 0 Å². The van der Waals surface area contributed by atoms with Crippen molar-refractivity contribution >= 4 is 11.6 Å². The number of anilines is 1. The Morgan fingerprint density at radius 3 is 2.06 bits per heavy atom. The SMILES string of the molecule is O=C(Cc1ccc(C(F)(F)F)cc1)NCc1ccccc1CN1CCN(c2ccccc2)CC1. The molecule has 1 saturated heterocycles. The van der Waals surface area contributed by atoms with Crippen LogP contribution in [0.3, 0.4) is 0 Å². The van der Waals surface area contributed by atoms with Crippen molar-refractivity contribution in [1.29, 1.82) is 0 Å². The highest BCUT2D eigenvalue weighted by Gasteiger charge is 2.30. The Balaban J connectivity index is 1.28. The summed E-state index contributed by atoms with van der Waals surface area (Å²) in [6.07, 6.45) is -4.33. The molecule has 1 N–H and O–H groups in total. The fraction of sp³-hybridized carbons (Fsp3) is 0.296. The first-order chi connectivity index (χ1) is 16.4. The van der Waals surface area contributed by atoms with Crippen molar-refractivity contribution in [3.05, 3.63) is 101 Å². The molecule has 1 aliphatic rings. The maximum Gasteiger partial charge on any atom is 0.416 e. The van der Waals surface area contributed by atoms with Crippen LogP contribution >= 0.6 is 0 Å². The second kappa shape index (κ2) is 10.7. The molecule has 0 radical (unpaired) electrons. The van der Waals surface area contributed by atoms with E-state index in [4.69, 9.17) is 0 Å². The Hall–Kier alpha value is -3.32. The largest absolute Gasteiger partial charge is 0.416 e. The van der Waals surface area contributed by atoms with Gasteiger partial charge >= 0.3 is 6.18 Å². The molecule has 34 heavy (non-hydrogen) atoms. The van der Waals surface area contributed by atoms with E-state index in [1.807, 2.05) is 24.3 Å². The van der Waals surface area contributed by atoms with Crippen LogP contribution in [-0.4, -0.2) is 37.0 Å². The molecule has 4 nitrogen and oxygen atoms in total. The van der Waals surface area contributed by atoms with Crippen LogP contribution in [0.2, 0.25) is 0 Å². The lowest BCUT2D eigenvalue weighted by atomic mass is 10.1. The lowest BCUT2D eigenvalue weighted by Gasteiger charge is -2.36. The van der Waals surface area contributed by atoms with Gasteiger partial charge in [-0.05, 0) is 41.0 Å². The molecule has 0 bridgehead atoms. The third-order valence-electron chi connectivity index (χ3n) is 6.13. The highest BCUT2D eigenvalue weighted by molar-refractivity contribution is 5.78. The molecule has 0 unspecified atom stereocenters. The zero-order valence-electron chi connectivity index (χ0n) is 18.9. The molecule has 1 heterocycles. The Kier molecular flexibility index (Phi) is 7.53. The fourth-order valence-corrected chi connectivity index (χ4v) is 4.18. The minimum Gasteiger partial charge on any atom is -0.369 e. The summed E-state index contributed by atoms with van der Waals surface area (Å²) in [6.45, 7) is 5.06. The van der Waals surface area contributed by atoms with Crippen LogP contribution in [0.5, 0.6) is 0 Å². The van der Waals surface area contributed by atoms with Crippen LogP contribution in [0.25, 0.3) is 0 Å². The maximum absolute atomic E-state index is 12.7. The first-order valence-electron chi connectivity index (χ1n) is 11.4. The van der Waals surface area contributed by atoms with Gasteiger partial charge in [0.1, 0.15) is 0 Å². The zero-order valence-corrected chi connectivity index (χ0v) is 18.9. The number of piperazine rings is 1. The molecule has 0 aromatic heterocycles. The number of nitrogens with zero attached hydrogens (tertiary/aromatic N) is 2. The number of nitrogens with one attached hydrogen (secondary N) is 1. The predicted molar refractivity (Wildman–Crippen MR) is 127 cm³/mol. The number of amides is 1. The molecule has 1 fully saturated rings. The van der Waals surface area contributed by atoms with Gasteiger partial charge in [0.25, 0.3) is 0 Å². The van der Waals surface area contributed by atoms with Crippen molar-refractivity contribution in [2.45, 2.75) is 25.7 Å². The minimum absolute atomic E-state index is 0.0434. The van der Waals surface area contributed by atoms with E-state index >= 15 is 0 Å². The molecule has 4 rings (SSSR count). The van der Waals surface area contributed by atoms with Gasteiger partial charge in [0, 0.05) is 45.0 Å². The molecule has 7 heteroatoms. The second-order valence-electron chi connectivity index (χ2n) is 8.52. The van der Waals surface area contributed by atoms with Crippen molar-refractivity contribution in [3.63, 3.8) is 0 Å². The second-order valence-corrected chi connectivity index (χ2v) is 8.52. The van der Waals surface area contributed by atoms with Crippen LogP contribution in [0.1, 0.15) is 22.3 Å². The molecule has 0 saturated carbocycles. The van der Waals surface area contributed by atoms with E-state index in [0.717, 1.165) is 50.4 Å².